The summed E-state index contributed by atoms with van der Waals surface area (Å²) >= 11 is 0. The molecule has 0 aliphatic carbocycles. The molecule has 0 saturated heterocycles. The molecule has 1 aromatic carbocycles. The van der Waals surface area contributed by atoms with Crippen molar-refractivity contribution in [3.8, 4) is 6.07 Å². The number of benzene rings is 1. The van der Waals surface area contributed by atoms with Crippen molar-refractivity contribution >= 4 is 17.2 Å². The van der Waals surface area contributed by atoms with E-state index in [1.807, 2.05) is 0 Å². The van der Waals surface area contributed by atoms with E-state index in [1.165, 1.54) is 12.1 Å². The highest BCUT2D eigenvalue weighted by Gasteiger charge is 2.19. The molecule has 2 rings (SSSR count). The molecule has 1 aromatic heterocycles. The van der Waals surface area contributed by atoms with Crippen molar-refractivity contribution in [3.05, 3.63) is 47.2 Å². The van der Waals surface area contributed by atoms with Gasteiger partial charge >= 0.3 is 0 Å². The summed E-state index contributed by atoms with van der Waals surface area (Å²) in [4.78, 5) is 3.65. The highest BCUT2D eigenvalue weighted by molar-refractivity contribution is 5.62. The number of nitrogens with two attached hydrogens (primary N) is 1. The third kappa shape index (κ3) is 2.33. The summed E-state index contributed by atoms with van der Waals surface area (Å²) in [6.45, 7) is 0. The van der Waals surface area contributed by atoms with Crippen LogP contribution in [-0.4, -0.2) is 4.98 Å². The Morgan fingerprint density at radius 2 is 1.70 bits per heavy atom. The van der Waals surface area contributed by atoms with Gasteiger partial charge in [0.15, 0.2) is 29.0 Å². The van der Waals surface area contributed by atoms with E-state index in [-0.39, 0.29) is 23.3 Å². The molecule has 0 radical (unpaired) electrons. The van der Waals surface area contributed by atoms with Gasteiger partial charge < -0.3 is 11.1 Å². The molecular weight excluding hydrogens is 276 g/mol. The Balaban J connectivity index is 2.48. The average Bonchev–Trinajstić information content (AvgIpc) is 2.43. The number of hydrogen-bond donors (Lipinski definition) is 2. The normalized spacial score (nSPS) is 10.2. The summed E-state index contributed by atoms with van der Waals surface area (Å²) in [5.41, 5.74) is 4.25. The van der Waals surface area contributed by atoms with Gasteiger partial charge in [0.1, 0.15) is 17.6 Å². The van der Waals surface area contributed by atoms with Crippen molar-refractivity contribution in [2.75, 3.05) is 11.1 Å². The lowest BCUT2D eigenvalue weighted by atomic mass is 10.2. The van der Waals surface area contributed by atoms with Gasteiger partial charge in [-0.05, 0) is 12.1 Å². The summed E-state index contributed by atoms with van der Waals surface area (Å²) in [6, 6.07) is 4.22. The number of nitrogens with one attached hydrogen (secondary N) is 1. The fraction of sp³-hybridized carbons (Fsp3) is 0. The van der Waals surface area contributed by atoms with E-state index >= 15 is 0 Å². The zero-order valence-corrected chi connectivity index (χ0v) is 9.72. The molecule has 0 atom stereocenters. The van der Waals surface area contributed by atoms with Gasteiger partial charge in [-0.1, -0.05) is 0 Å². The Morgan fingerprint density at radius 3 is 2.25 bits per heavy atom. The maximum absolute atomic E-state index is 13.4. The van der Waals surface area contributed by atoms with Crippen molar-refractivity contribution < 1.29 is 17.6 Å². The first-order valence-electron chi connectivity index (χ1n) is 5.20. The summed E-state index contributed by atoms with van der Waals surface area (Å²) < 4.78 is 52.9. The highest BCUT2D eigenvalue weighted by Crippen LogP contribution is 2.27. The first kappa shape index (κ1) is 13.6. The molecule has 0 unspecified atom stereocenters. The maximum atomic E-state index is 13.4. The van der Waals surface area contributed by atoms with Crippen molar-refractivity contribution in [1.82, 2.24) is 4.98 Å². The second-order valence-corrected chi connectivity index (χ2v) is 3.71. The molecule has 20 heavy (non-hydrogen) atoms. The molecular formula is C12H6F4N4. The Labute approximate surface area is 110 Å². The molecule has 0 spiro atoms. The number of rotatable bonds is 2. The minimum Gasteiger partial charge on any atom is -0.396 e. The van der Waals surface area contributed by atoms with Crippen LogP contribution in [0.5, 0.6) is 0 Å². The molecule has 0 bridgehead atoms. The van der Waals surface area contributed by atoms with Crippen LogP contribution in [0.25, 0.3) is 0 Å². The van der Waals surface area contributed by atoms with E-state index < -0.39 is 29.0 Å². The Morgan fingerprint density at radius 1 is 1.10 bits per heavy atom. The zero-order chi connectivity index (χ0) is 14.9. The van der Waals surface area contributed by atoms with Crippen LogP contribution < -0.4 is 11.1 Å². The van der Waals surface area contributed by atoms with Gasteiger partial charge in [0.05, 0.1) is 5.69 Å². The standard InChI is InChI=1S/C12H6F4N4/c13-5-3-6(14)11(16)12(10(5)15)20-9-2-1-7(18)8(4-17)19-9/h1-3H,18H2,(H,19,20). The van der Waals surface area contributed by atoms with E-state index in [1.54, 1.807) is 6.07 Å². The van der Waals surface area contributed by atoms with Crippen LogP contribution in [0.3, 0.4) is 0 Å². The smallest absolute Gasteiger partial charge is 0.185 e. The molecule has 102 valence electrons. The van der Waals surface area contributed by atoms with Crippen LogP contribution in [0.2, 0.25) is 0 Å². The van der Waals surface area contributed by atoms with Gasteiger partial charge in [0.25, 0.3) is 0 Å². The number of nitriles is 1. The first-order valence-corrected chi connectivity index (χ1v) is 5.20. The molecule has 2 aromatic rings. The number of nitrogens with zero attached hydrogens (tertiary/aromatic N) is 2. The summed E-state index contributed by atoms with van der Waals surface area (Å²) in [6.07, 6.45) is 0. The predicted molar refractivity (Wildman–Crippen MR) is 62.9 cm³/mol. The number of hydrogen-bond acceptors (Lipinski definition) is 4. The summed E-state index contributed by atoms with van der Waals surface area (Å²) in [5.74, 6) is -6.48. The van der Waals surface area contributed by atoms with E-state index in [9.17, 15) is 17.6 Å². The number of anilines is 3. The molecule has 0 aliphatic rings. The SMILES string of the molecule is N#Cc1nc(Nc2c(F)c(F)cc(F)c2F)ccc1N. The Hall–Kier alpha value is -2.82. The number of nitrogen functional groups attached to an aromatic ring is 1. The van der Waals surface area contributed by atoms with Gasteiger partial charge in [-0.3, -0.25) is 0 Å². The van der Waals surface area contributed by atoms with Crippen LogP contribution in [0, 0.1) is 34.6 Å². The predicted octanol–water partition coefficient (Wildman–Crippen LogP) is 2.84. The lowest BCUT2D eigenvalue weighted by Gasteiger charge is -2.10. The first-order chi connectivity index (χ1) is 9.43. The average molecular weight is 282 g/mol. The second-order valence-electron chi connectivity index (χ2n) is 3.71. The lowest BCUT2D eigenvalue weighted by Crippen LogP contribution is -2.05. The van der Waals surface area contributed by atoms with Gasteiger partial charge in [-0.15, -0.1) is 0 Å². The number of pyridine rings is 1. The van der Waals surface area contributed by atoms with Crippen molar-refractivity contribution in [2.45, 2.75) is 0 Å². The van der Waals surface area contributed by atoms with Gasteiger partial charge in [-0.25, -0.2) is 22.5 Å². The third-order valence-corrected chi connectivity index (χ3v) is 2.40. The van der Waals surface area contributed by atoms with E-state index in [2.05, 4.69) is 10.3 Å². The zero-order valence-electron chi connectivity index (χ0n) is 9.72. The quantitative estimate of drug-likeness (QED) is 0.656. The van der Waals surface area contributed by atoms with Crippen LogP contribution >= 0.6 is 0 Å². The maximum Gasteiger partial charge on any atom is 0.185 e. The minimum absolute atomic E-state index is 0.0596. The van der Waals surface area contributed by atoms with Crippen LogP contribution in [0.4, 0.5) is 34.8 Å². The Bertz CT molecular complexity index is 698. The van der Waals surface area contributed by atoms with Crippen molar-refractivity contribution in [1.29, 1.82) is 5.26 Å². The van der Waals surface area contributed by atoms with Crippen LogP contribution in [0.1, 0.15) is 5.69 Å². The largest absolute Gasteiger partial charge is 0.396 e. The molecule has 0 saturated carbocycles. The number of halogens is 4. The summed E-state index contributed by atoms with van der Waals surface area (Å²) in [7, 11) is 0. The van der Waals surface area contributed by atoms with Crippen molar-refractivity contribution in [3.63, 3.8) is 0 Å². The molecule has 1 heterocycles. The van der Waals surface area contributed by atoms with E-state index in [4.69, 9.17) is 11.0 Å². The van der Waals surface area contributed by atoms with E-state index in [0.717, 1.165) is 0 Å². The molecule has 4 nitrogen and oxygen atoms in total. The monoisotopic (exact) mass is 282 g/mol. The van der Waals surface area contributed by atoms with Crippen molar-refractivity contribution in [2.24, 2.45) is 0 Å². The van der Waals surface area contributed by atoms with Crippen LogP contribution in [-0.2, 0) is 0 Å². The van der Waals surface area contributed by atoms with Gasteiger partial charge in [0, 0.05) is 6.07 Å². The molecule has 3 N–H and O–H groups in total. The molecule has 0 fully saturated rings. The Kier molecular flexibility index (Phi) is 3.43. The van der Waals surface area contributed by atoms with Gasteiger partial charge in [-0.2, -0.15) is 5.26 Å². The molecule has 0 amide bonds. The molecule has 0 aliphatic heterocycles. The fourth-order valence-electron chi connectivity index (χ4n) is 1.44. The minimum atomic E-state index is -1.60. The topological polar surface area (TPSA) is 74.7 Å². The fourth-order valence-corrected chi connectivity index (χ4v) is 1.44. The lowest BCUT2D eigenvalue weighted by molar-refractivity contribution is 0.459. The van der Waals surface area contributed by atoms with E-state index in [0.29, 0.717) is 0 Å². The number of aromatic nitrogens is 1. The van der Waals surface area contributed by atoms with Crippen LogP contribution in [0.15, 0.2) is 18.2 Å². The third-order valence-electron chi connectivity index (χ3n) is 2.40. The highest BCUT2D eigenvalue weighted by atomic mass is 19.2. The van der Waals surface area contributed by atoms with Gasteiger partial charge in [0.2, 0.25) is 0 Å². The second kappa shape index (κ2) is 5.05. The summed E-state index contributed by atoms with van der Waals surface area (Å²) in [5, 5.41) is 10.8. The molecule has 8 heteroatoms.